The average Bonchev–Trinajstić information content (AvgIpc) is 3.13. The quantitative estimate of drug-likeness (QED) is 0.868. The Morgan fingerprint density at radius 3 is 2.75 bits per heavy atom. The van der Waals surface area contributed by atoms with Crippen molar-refractivity contribution in [3.05, 3.63) is 46.2 Å². The van der Waals surface area contributed by atoms with Crippen LogP contribution < -0.4 is 10.2 Å². The Morgan fingerprint density at radius 1 is 1.29 bits per heavy atom. The van der Waals surface area contributed by atoms with Crippen LogP contribution in [0.25, 0.3) is 0 Å². The molecule has 2 aromatic rings. The maximum atomic E-state index is 13.8. The van der Waals surface area contributed by atoms with E-state index in [4.69, 9.17) is 0 Å². The van der Waals surface area contributed by atoms with E-state index in [1.807, 2.05) is 17.0 Å². The van der Waals surface area contributed by atoms with Crippen molar-refractivity contribution in [1.29, 1.82) is 0 Å². The third-order valence-electron chi connectivity index (χ3n) is 4.69. The maximum absolute atomic E-state index is 13.8. The molecule has 6 heteroatoms. The third-order valence-corrected chi connectivity index (χ3v) is 5.32. The molecule has 1 aliphatic rings. The third kappa shape index (κ3) is 4.12. The topological polar surface area (TPSA) is 31.4 Å². The fourth-order valence-electron chi connectivity index (χ4n) is 3.16. The minimum absolute atomic E-state index is 0.0709. The van der Waals surface area contributed by atoms with Gasteiger partial charge in [0.2, 0.25) is 0 Å². The zero-order chi connectivity index (χ0) is 16.9. The molecule has 0 spiro atoms. The Balaban J connectivity index is 1.73. The summed E-state index contributed by atoms with van der Waals surface area (Å²) in [5.74, 6) is -0.178. The van der Waals surface area contributed by atoms with Gasteiger partial charge in [-0.05, 0) is 37.2 Å². The fraction of sp³-hybridized carbons (Fsp3) is 0.500. The van der Waals surface area contributed by atoms with E-state index < -0.39 is 0 Å². The standard InChI is InChI=1S/C18H25FN4S/c1-3-22-6-8-23(9-7-22)18-5-4-15(19)10-17(18)14(2)20-11-16-12-24-13-21-16/h4-5,10,12-14,20H,3,6-9,11H2,1-2H3. The number of nitrogens with one attached hydrogen (secondary N) is 1. The fourth-order valence-corrected chi connectivity index (χ4v) is 3.72. The van der Waals surface area contributed by atoms with Gasteiger partial charge in [0.05, 0.1) is 11.2 Å². The van der Waals surface area contributed by atoms with Crippen LogP contribution in [0.2, 0.25) is 0 Å². The molecule has 0 radical (unpaired) electrons. The number of anilines is 1. The Hall–Kier alpha value is -1.50. The monoisotopic (exact) mass is 348 g/mol. The molecule has 0 aliphatic carbocycles. The molecule has 3 rings (SSSR count). The number of likely N-dealkylation sites (N-methyl/N-ethyl adjacent to an activating group) is 1. The SMILES string of the molecule is CCN1CCN(c2ccc(F)cc2C(C)NCc2cscn2)CC1. The first-order valence-electron chi connectivity index (χ1n) is 8.54. The highest BCUT2D eigenvalue weighted by atomic mass is 32.1. The summed E-state index contributed by atoms with van der Waals surface area (Å²) in [6.45, 7) is 10.2. The minimum atomic E-state index is -0.178. The Labute approximate surface area is 147 Å². The van der Waals surface area contributed by atoms with E-state index in [9.17, 15) is 4.39 Å². The number of aromatic nitrogens is 1. The number of benzene rings is 1. The van der Waals surface area contributed by atoms with Gasteiger partial charge in [-0.15, -0.1) is 11.3 Å². The van der Waals surface area contributed by atoms with Gasteiger partial charge in [-0.3, -0.25) is 0 Å². The van der Waals surface area contributed by atoms with Gasteiger partial charge in [-0.25, -0.2) is 9.37 Å². The molecule has 1 fully saturated rings. The minimum Gasteiger partial charge on any atom is -0.369 e. The Morgan fingerprint density at radius 2 is 2.08 bits per heavy atom. The van der Waals surface area contributed by atoms with Gasteiger partial charge in [-0.2, -0.15) is 0 Å². The molecular formula is C18H25FN4S. The van der Waals surface area contributed by atoms with Gasteiger partial charge in [0.25, 0.3) is 0 Å². The van der Waals surface area contributed by atoms with E-state index in [1.165, 1.54) is 0 Å². The summed E-state index contributed by atoms with van der Waals surface area (Å²) in [5.41, 5.74) is 5.03. The summed E-state index contributed by atoms with van der Waals surface area (Å²) in [6.07, 6.45) is 0. The van der Waals surface area contributed by atoms with Gasteiger partial charge < -0.3 is 15.1 Å². The van der Waals surface area contributed by atoms with Crippen LogP contribution in [0.4, 0.5) is 10.1 Å². The second-order valence-corrected chi connectivity index (χ2v) is 6.93. The van der Waals surface area contributed by atoms with Crippen molar-refractivity contribution in [3.8, 4) is 0 Å². The summed E-state index contributed by atoms with van der Waals surface area (Å²) in [7, 11) is 0. The van der Waals surface area contributed by atoms with Crippen LogP contribution in [0, 0.1) is 5.82 Å². The van der Waals surface area contributed by atoms with Crippen LogP contribution in [0.5, 0.6) is 0 Å². The lowest BCUT2D eigenvalue weighted by molar-refractivity contribution is 0.271. The highest BCUT2D eigenvalue weighted by molar-refractivity contribution is 7.07. The second kappa shape index (κ2) is 8.05. The maximum Gasteiger partial charge on any atom is 0.123 e. The number of rotatable bonds is 6. The molecule has 4 nitrogen and oxygen atoms in total. The first-order valence-corrected chi connectivity index (χ1v) is 9.49. The van der Waals surface area contributed by atoms with Crippen molar-refractivity contribution < 1.29 is 4.39 Å². The first kappa shape index (κ1) is 17.3. The normalized spacial score (nSPS) is 17.2. The molecule has 0 amide bonds. The molecule has 1 unspecified atom stereocenters. The predicted octanol–water partition coefficient (Wildman–Crippen LogP) is 3.27. The molecule has 1 atom stereocenters. The van der Waals surface area contributed by atoms with Crippen molar-refractivity contribution in [3.63, 3.8) is 0 Å². The van der Waals surface area contributed by atoms with E-state index in [0.29, 0.717) is 6.54 Å². The highest BCUT2D eigenvalue weighted by Crippen LogP contribution is 2.28. The molecule has 1 aromatic heterocycles. The number of hydrogen-bond donors (Lipinski definition) is 1. The molecule has 130 valence electrons. The molecule has 1 aliphatic heterocycles. The molecule has 1 aromatic carbocycles. The molecule has 1 saturated heterocycles. The summed E-state index contributed by atoms with van der Waals surface area (Å²) in [4.78, 5) is 9.12. The Kier molecular flexibility index (Phi) is 5.81. The van der Waals surface area contributed by atoms with Crippen LogP contribution in [0.1, 0.15) is 31.1 Å². The second-order valence-electron chi connectivity index (χ2n) is 6.21. The summed E-state index contributed by atoms with van der Waals surface area (Å²) >= 11 is 1.59. The predicted molar refractivity (Wildman–Crippen MR) is 98.1 cm³/mol. The van der Waals surface area contributed by atoms with Gasteiger partial charge in [0.15, 0.2) is 0 Å². The lowest BCUT2D eigenvalue weighted by atomic mass is 10.0. The van der Waals surface area contributed by atoms with E-state index in [2.05, 4.69) is 33.9 Å². The van der Waals surface area contributed by atoms with E-state index in [0.717, 1.165) is 49.7 Å². The molecular weight excluding hydrogens is 323 g/mol. The molecule has 1 N–H and O–H groups in total. The smallest absolute Gasteiger partial charge is 0.123 e. The average molecular weight is 348 g/mol. The summed E-state index contributed by atoms with van der Waals surface area (Å²) in [5, 5.41) is 5.51. The summed E-state index contributed by atoms with van der Waals surface area (Å²) in [6, 6.07) is 5.23. The van der Waals surface area contributed by atoms with Crippen molar-refractivity contribution in [1.82, 2.24) is 15.2 Å². The van der Waals surface area contributed by atoms with Crippen LogP contribution in [-0.4, -0.2) is 42.6 Å². The van der Waals surface area contributed by atoms with Crippen molar-refractivity contribution in [2.45, 2.75) is 26.4 Å². The lowest BCUT2D eigenvalue weighted by Crippen LogP contribution is -2.46. The van der Waals surface area contributed by atoms with E-state index >= 15 is 0 Å². The highest BCUT2D eigenvalue weighted by Gasteiger charge is 2.20. The molecule has 2 heterocycles. The number of halogens is 1. The van der Waals surface area contributed by atoms with Gasteiger partial charge in [0, 0.05) is 49.8 Å². The number of nitrogens with zero attached hydrogens (tertiary/aromatic N) is 3. The lowest BCUT2D eigenvalue weighted by Gasteiger charge is -2.37. The van der Waals surface area contributed by atoms with Crippen LogP contribution >= 0.6 is 11.3 Å². The number of hydrogen-bond acceptors (Lipinski definition) is 5. The molecule has 0 bridgehead atoms. The van der Waals surface area contributed by atoms with Crippen LogP contribution in [0.15, 0.2) is 29.1 Å². The van der Waals surface area contributed by atoms with Crippen LogP contribution in [-0.2, 0) is 6.54 Å². The number of piperazine rings is 1. The summed E-state index contributed by atoms with van der Waals surface area (Å²) < 4.78 is 13.8. The van der Waals surface area contributed by atoms with Crippen LogP contribution in [0.3, 0.4) is 0 Å². The first-order chi connectivity index (χ1) is 11.7. The van der Waals surface area contributed by atoms with Crippen molar-refractivity contribution in [2.75, 3.05) is 37.6 Å². The van der Waals surface area contributed by atoms with E-state index in [1.54, 1.807) is 23.5 Å². The van der Waals surface area contributed by atoms with Gasteiger partial charge >= 0.3 is 0 Å². The molecule has 0 saturated carbocycles. The largest absolute Gasteiger partial charge is 0.369 e. The Bertz CT molecular complexity index is 638. The van der Waals surface area contributed by atoms with Crippen molar-refractivity contribution in [2.24, 2.45) is 0 Å². The van der Waals surface area contributed by atoms with Gasteiger partial charge in [-0.1, -0.05) is 6.92 Å². The van der Waals surface area contributed by atoms with Crippen molar-refractivity contribution >= 4 is 17.0 Å². The van der Waals surface area contributed by atoms with E-state index in [-0.39, 0.29) is 11.9 Å². The zero-order valence-electron chi connectivity index (χ0n) is 14.3. The van der Waals surface area contributed by atoms with Gasteiger partial charge in [0.1, 0.15) is 5.82 Å². The molecule has 24 heavy (non-hydrogen) atoms. The zero-order valence-corrected chi connectivity index (χ0v) is 15.2. The number of thiazole rings is 1.